The third kappa shape index (κ3) is 30.8. The van der Waals surface area contributed by atoms with Crippen molar-refractivity contribution >= 4 is 0 Å². The van der Waals surface area contributed by atoms with Crippen molar-refractivity contribution in [2.45, 2.75) is 66.2 Å². The molecule has 130 heavy (non-hydrogen) atoms. The maximum atomic E-state index is 8.84. The molecule has 0 radical (unpaired) electrons. The fourth-order valence-electron chi connectivity index (χ4n) is 12.6. The van der Waals surface area contributed by atoms with E-state index in [1.54, 1.807) is 67.8 Å². The summed E-state index contributed by atoms with van der Waals surface area (Å²) in [6.07, 6.45) is 6.73. The highest BCUT2D eigenvalue weighted by Crippen LogP contribution is 2.29. The topological polar surface area (TPSA) is 165 Å². The van der Waals surface area contributed by atoms with E-state index in [0.29, 0.717) is 34.4 Å². The standard InChI is InChI=1S/C26H23NO.C25H21NO.C24H19NO.C23H17NO.C22H15NO/c1-2-3-4-19-28-26-17-15-25(16-18-26)24-13-11-22(12-14-24)6-5-21-7-9-23(20-27)10-8-21;1-2-3-18-27-25-16-14-24(15-17-25)23-12-10-21(11-13-23)5-4-20-6-8-22(19-26)9-7-20;1-2-17-26-24-15-13-23(14-16-24)22-11-9-20(10-12-22)4-3-19-5-7-21(18-25)8-6-19;1-2-25-23-15-13-22(14-16-23)21-11-9-19(10-12-21)4-3-18-5-7-20(17-24)8-6-18;1-24-22-14-12-21(13-15-22)20-10-8-18(9-11-20)3-2-17-4-6-19(16-23)7-5-17/h7-18H,2-4,19H2,1H3;6-17H,2-3,18H2,1H3;5-16H,2,17H2,1H3;5-16H,2H2,1H3;4-15H,1H3. The Labute approximate surface area is 766 Å². The Balaban J connectivity index is 0.000000157. The Kier molecular flexibility index (Phi) is 37.0. The van der Waals surface area contributed by atoms with Gasteiger partial charge >= 0.3 is 0 Å². The van der Waals surface area contributed by atoms with E-state index in [0.717, 1.165) is 186 Å². The summed E-state index contributed by atoms with van der Waals surface area (Å²) in [6, 6.07) is 129. The summed E-state index contributed by atoms with van der Waals surface area (Å²) in [5, 5.41) is 44.1. The second-order valence-electron chi connectivity index (χ2n) is 29.4. The molecule has 0 saturated carbocycles. The summed E-state index contributed by atoms with van der Waals surface area (Å²) in [5.74, 6) is 35.9. The van der Waals surface area contributed by atoms with Crippen LogP contribution in [0.15, 0.2) is 364 Å². The molecule has 15 aromatic carbocycles. The molecule has 10 heteroatoms. The normalized spacial score (nSPS) is 9.69. The zero-order valence-corrected chi connectivity index (χ0v) is 73.5. The lowest BCUT2D eigenvalue weighted by molar-refractivity contribution is 0.306. The number of hydrogen-bond donors (Lipinski definition) is 0. The van der Waals surface area contributed by atoms with Gasteiger partial charge in [0.05, 0.1) is 91.7 Å². The summed E-state index contributed by atoms with van der Waals surface area (Å²) in [6.45, 7) is 11.4. The molecule has 0 aliphatic rings. The predicted molar refractivity (Wildman–Crippen MR) is 524 cm³/mol. The van der Waals surface area contributed by atoms with Gasteiger partial charge in [0.2, 0.25) is 0 Å². The largest absolute Gasteiger partial charge is 0.497 e. The monoisotopic (exact) mass is 1690 g/mol. The van der Waals surface area contributed by atoms with Gasteiger partial charge < -0.3 is 23.7 Å². The maximum Gasteiger partial charge on any atom is 0.119 e. The van der Waals surface area contributed by atoms with Crippen molar-refractivity contribution in [2.75, 3.05) is 33.5 Å². The molecule has 15 aromatic rings. The molecule has 0 atom stereocenters. The van der Waals surface area contributed by atoms with Gasteiger partial charge in [-0.2, -0.15) is 26.3 Å². The first-order valence-electron chi connectivity index (χ1n) is 43.1. The number of nitrogens with zero attached hydrogens (tertiary/aromatic N) is 5. The molecule has 0 aromatic heterocycles. The summed E-state index contributed by atoms with van der Waals surface area (Å²) < 4.78 is 27.7. The Morgan fingerprint density at radius 1 is 0.169 bits per heavy atom. The minimum atomic E-state index is 0.643. The molecule has 15 rings (SSSR count). The molecular weight excluding hydrogens is 1590 g/mol. The Bertz CT molecular complexity index is 6690. The van der Waals surface area contributed by atoms with Crippen molar-refractivity contribution < 1.29 is 23.7 Å². The van der Waals surface area contributed by atoms with Crippen LogP contribution >= 0.6 is 0 Å². The van der Waals surface area contributed by atoms with Crippen molar-refractivity contribution in [1.29, 1.82) is 26.3 Å². The Morgan fingerprint density at radius 2 is 0.331 bits per heavy atom. The number of benzene rings is 15. The second-order valence-corrected chi connectivity index (χ2v) is 29.4. The van der Waals surface area contributed by atoms with Crippen LogP contribution < -0.4 is 23.7 Å². The van der Waals surface area contributed by atoms with Crippen molar-refractivity contribution in [3.8, 4) is 174 Å². The summed E-state index contributed by atoms with van der Waals surface area (Å²) >= 11 is 0. The molecule has 0 bridgehead atoms. The quantitative estimate of drug-likeness (QED) is 0.0530. The lowest BCUT2D eigenvalue weighted by atomic mass is 10.0. The minimum Gasteiger partial charge on any atom is -0.497 e. The van der Waals surface area contributed by atoms with Gasteiger partial charge in [-0.3, -0.25) is 0 Å². The fourth-order valence-corrected chi connectivity index (χ4v) is 12.6. The third-order valence-electron chi connectivity index (χ3n) is 20.0. The van der Waals surface area contributed by atoms with Crippen LogP contribution in [0.25, 0.3) is 55.6 Å². The van der Waals surface area contributed by atoms with Gasteiger partial charge in [0.25, 0.3) is 0 Å². The van der Waals surface area contributed by atoms with Crippen LogP contribution in [0.3, 0.4) is 0 Å². The second kappa shape index (κ2) is 51.6. The van der Waals surface area contributed by atoms with Gasteiger partial charge in [-0.1, -0.05) is 221 Å². The SMILES string of the molecule is CCCCCOc1ccc(-c2ccc(C#Cc3ccc(C#N)cc3)cc2)cc1.CCCCOc1ccc(-c2ccc(C#Cc3ccc(C#N)cc3)cc2)cc1.CCCOc1ccc(-c2ccc(C#Cc3ccc(C#N)cc3)cc2)cc1.CCOc1ccc(-c2ccc(C#Cc3ccc(C#N)cc3)cc2)cc1.COc1ccc(-c2ccc(C#Cc3ccc(C#N)cc3)cc2)cc1. The van der Waals surface area contributed by atoms with E-state index in [1.807, 2.05) is 201 Å². The highest BCUT2D eigenvalue weighted by molar-refractivity contribution is 5.70. The molecule has 0 heterocycles. The number of methoxy groups -OCH3 is 1. The van der Waals surface area contributed by atoms with Crippen molar-refractivity contribution in [1.82, 2.24) is 0 Å². The first kappa shape index (κ1) is 93.3. The molecule has 0 aliphatic carbocycles. The lowest BCUT2D eigenvalue weighted by Crippen LogP contribution is -1.96. The molecular formula is C120H95N5O5. The smallest absolute Gasteiger partial charge is 0.119 e. The van der Waals surface area contributed by atoms with Crippen molar-refractivity contribution in [2.24, 2.45) is 0 Å². The molecule has 0 N–H and O–H groups in total. The fraction of sp³-hybridized carbons (Fsp3) is 0.125. The number of unbranched alkanes of at least 4 members (excludes halogenated alkanes) is 3. The van der Waals surface area contributed by atoms with E-state index >= 15 is 0 Å². The van der Waals surface area contributed by atoms with Gasteiger partial charge in [-0.15, -0.1) is 0 Å². The van der Waals surface area contributed by atoms with Gasteiger partial charge in [0.1, 0.15) is 28.7 Å². The van der Waals surface area contributed by atoms with Crippen LogP contribution in [-0.4, -0.2) is 33.5 Å². The number of hydrogen-bond acceptors (Lipinski definition) is 10. The van der Waals surface area contributed by atoms with Crippen LogP contribution in [0, 0.1) is 116 Å². The summed E-state index contributed by atoms with van der Waals surface area (Å²) in [7, 11) is 1.66. The van der Waals surface area contributed by atoms with Crippen LogP contribution in [-0.2, 0) is 0 Å². The predicted octanol–water partition coefficient (Wildman–Crippen LogP) is 27.1. The molecule has 0 unspecified atom stereocenters. The highest BCUT2D eigenvalue weighted by Gasteiger charge is 2.07. The van der Waals surface area contributed by atoms with E-state index in [1.165, 1.54) is 12.8 Å². The average Bonchev–Trinajstić information content (AvgIpc) is 0.863. The number of ether oxygens (including phenoxy) is 5. The van der Waals surface area contributed by atoms with Gasteiger partial charge in [-0.05, 0) is 324 Å². The number of nitriles is 5. The van der Waals surface area contributed by atoms with Crippen molar-refractivity contribution in [3.63, 3.8) is 0 Å². The van der Waals surface area contributed by atoms with Crippen LogP contribution in [0.1, 0.15) is 150 Å². The van der Waals surface area contributed by atoms with Crippen LogP contribution in [0.4, 0.5) is 0 Å². The van der Waals surface area contributed by atoms with Crippen LogP contribution in [0.5, 0.6) is 28.7 Å². The molecule has 0 spiro atoms. The van der Waals surface area contributed by atoms with E-state index in [2.05, 4.69) is 220 Å². The number of rotatable bonds is 20. The van der Waals surface area contributed by atoms with Crippen molar-refractivity contribution in [3.05, 3.63) is 447 Å². The lowest BCUT2D eigenvalue weighted by Gasteiger charge is -2.07. The van der Waals surface area contributed by atoms with Gasteiger partial charge in [0.15, 0.2) is 0 Å². The maximum absolute atomic E-state index is 8.84. The van der Waals surface area contributed by atoms with Gasteiger partial charge in [0, 0.05) is 55.6 Å². The molecule has 0 saturated heterocycles. The zero-order chi connectivity index (χ0) is 91.0. The van der Waals surface area contributed by atoms with E-state index in [-0.39, 0.29) is 0 Å². The molecule has 0 fully saturated rings. The van der Waals surface area contributed by atoms with E-state index < -0.39 is 0 Å². The molecule has 0 amide bonds. The van der Waals surface area contributed by atoms with Crippen LogP contribution in [0.2, 0.25) is 0 Å². The average molecular weight is 1690 g/mol. The molecule has 0 aliphatic heterocycles. The summed E-state index contributed by atoms with van der Waals surface area (Å²) in [5.41, 5.74) is 24.0. The molecule has 630 valence electrons. The molecule has 10 nitrogen and oxygen atoms in total. The highest BCUT2D eigenvalue weighted by atomic mass is 16.5. The Morgan fingerprint density at radius 3 is 0.508 bits per heavy atom. The Hall–Kier alpha value is -17.5. The first-order valence-corrected chi connectivity index (χ1v) is 43.1. The third-order valence-corrected chi connectivity index (χ3v) is 20.0. The zero-order valence-electron chi connectivity index (χ0n) is 73.5. The van der Waals surface area contributed by atoms with E-state index in [9.17, 15) is 0 Å². The van der Waals surface area contributed by atoms with Gasteiger partial charge in [-0.25, -0.2) is 0 Å². The minimum absolute atomic E-state index is 0.643. The summed E-state index contributed by atoms with van der Waals surface area (Å²) in [4.78, 5) is 0. The van der Waals surface area contributed by atoms with E-state index in [4.69, 9.17) is 50.0 Å². The first-order chi connectivity index (χ1) is 63.9.